The summed E-state index contributed by atoms with van der Waals surface area (Å²) in [6.07, 6.45) is 0.571. The standard InChI is InChI=1S/C12H14N2O4S.ClH/c13-6-1-7-14-19(16,17)10-3-4-11-9(8-10)2-5-12(15)18-11;/h2-5,8,14H,1,6-7,13H2;1H. The lowest BCUT2D eigenvalue weighted by Gasteiger charge is -2.06. The molecule has 0 fully saturated rings. The third kappa shape index (κ3) is 3.80. The minimum absolute atomic E-state index is 0. The van der Waals surface area contributed by atoms with Gasteiger partial charge in [-0.3, -0.25) is 0 Å². The lowest BCUT2D eigenvalue weighted by molar-refractivity contribution is 0.560. The van der Waals surface area contributed by atoms with E-state index in [0.717, 1.165) is 0 Å². The second-order valence-corrected chi connectivity index (χ2v) is 5.76. The monoisotopic (exact) mass is 318 g/mol. The van der Waals surface area contributed by atoms with Crippen LogP contribution in [0.1, 0.15) is 6.42 Å². The molecule has 0 amide bonds. The quantitative estimate of drug-likeness (QED) is 0.628. The van der Waals surface area contributed by atoms with E-state index in [1.807, 2.05) is 0 Å². The number of nitrogens with two attached hydrogens (primary N) is 1. The van der Waals surface area contributed by atoms with Crippen molar-refractivity contribution in [3.8, 4) is 0 Å². The molecule has 2 aromatic rings. The second-order valence-electron chi connectivity index (χ2n) is 3.99. The molecule has 20 heavy (non-hydrogen) atoms. The molecule has 0 aliphatic rings. The van der Waals surface area contributed by atoms with E-state index in [1.165, 1.54) is 30.3 Å². The number of rotatable bonds is 5. The molecule has 0 aliphatic heterocycles. The van der Waals surface area contributed by atoms with Gasteiger partial charge in [0.15, 0.2) is 0 Å². The molecule has 1 aromatic carbocycles. The molecule has 1 heterocycles. The van der Waals surface area contributed by atoms with Crippen LogP contribution in [0.25, 0.3) is 11.0 Å². The minimum atomic E-state index is -3.56. The molecule has 0 bridgehead atoms. The summed E-state index contributed by atoms with van der Waals surface area (Å²) in [4.78, 5) is 11.2. The van der Waals surface area contributed by atoms with Gasteiger partial charge in [-0.05, 0) is 37.2 Å². The summed E-state index contributed by atoms with van der Waals surface area (Å²) in [6.45, 7) is 0.714. The van der Waals surface area contributed by atoms with E-state index in [4.69, 9.17) is 10.2 Å². The predicted molar refractivity (Wildman–Crippen MR) is 78.6 cm³/mol. The van der Waals surface area contributed by atoms with Crippen LogP contribution in [0.15, 0.2) is 44.4 Å². The Labute approximate surface area is 122 Å². The van der Waals surface area contributed by atoms with E-state index >= 15 is 0 Å². The molecule has 0 saturated heterocycles. The first-order valence-corrected chi connectivity index (χ1v) is 7.25. The van der Waals surface area contributed by atoms with Gasteiger partial charge in [-0.25, -0.2) is 17.9 Å². The third-order valence-corrected chi connectivity index (χ3v) is 4.03. The highest BCUT2D eigenvalue weighted by Crippen LogP contribution is 2.17. The van der Waals surface area contributed by atoms with Gasteiger partial charge in [0.25, 0.3) is 0 Å². The van der Waals surface area contributed by atoms with Crippen molar-refractivity contribution in [1.29, 1.82) is 0 Å². The van der Waals surface area contributed by atoms with Crippen LogP contribution in [0.2, 0.25) is 0 Å². The number of fused-ring (bicyclic) bond motifs is 1. The lowest BCUT2D eigenvalue weighted by atomic mass is 10.2. The van der Waals surface area contributed by atoms with Crippen LogP contribution in [-0.4, -0.2) is 21.5 Å². The van der Waals surface area contributed by atoms with E-state index in [-0.39, 0.29) is 17.3 Å². The Morgan fingerprint density at radius 2 is 1.95 bits per heavy atom. The van der Waals surface area contributed by atoms with E-state index in [2.05, 4.69) is 4.72 Å². The van der Waals surface area contributed by atoms with Crippen molar-refractivity contribution >= 4 is 33.4 Å². The maximum absolute atomic E-state index is 12.0. The number of hydrogen-bond acceptors (Lipinski definition) is 5. The first-order chi connectivity index (χ1) is 9.03. The SMILES string of the molecule is Cl.NCCCNS(=O)(=O)c1ccc2oc(=O)ccc2c1. The Morgan fingerprint density at radius 3 is 2.65 bits per heavy atom. The normalized spacial score (nSPS) is 11.2. The Kier molecular flexibility index (Phi) is 5.70. The molecule has 0 radical (unpaired) electrons. The van der Waals surface area contributed by atoms with Crippen LogP contribution in [-0.2, 0) is 10.0 Å². The van der Waals surface area contributed by atoms with Gasteiger partial charge in [-0.15, -0.1) is 12.4 Å². The minimum Gasteiger partial charge on any atom is -0.423 e. The molecular formula is C12H15ClN2O4S. The van der Waals surface area contributed by atoms with Crippen molar-refractivity contribution in [3.63, 3.8) is 0 Å². The molecule has 2 rings (SSSR count). The topological polar surface area (TPSA) is 102 Å². The fourth-order valence-corrected chi connectivity index (χ4v) is 2.72. The first-order valence-electron chi connectivity index (χ1n) is 5.76. The summed E-state index contributed by atoms with van der Waals surface area (Å²) < 4.78 is 31.3. The molecule has 0 unspecified atom stereocenters. The van der Waals surface area contributed by atoms with Crippen molar-refractivity contribution in [1.82, 2.24) is 4.72 Å². The molecule has 1 aromatic heterocycles. The zero-order valence-electron chi connectivity index (χ0n) is 10.5. The highest BCUT2D eigenvalue weighted by molar-refractivity contribution is 7.89. The van der Waals surface area contributed by atoms with Crippen LogP contribution in [0.4, 0.5) is 0 Å². The molecule has 0 atom stereocenters. The number of halogens is 1. The van der Waals surface area contributed by atoms with Crippen molar-refractivity contribution < 1.29 is 12.8 Å². The Hall–Kier alpha value is -1.41. The van der Waals surface area contributed by atoms with Gasteiger partial charge in [0.05, 0.1) is 4.90 Å². The summed E-state index contributed by atoms with van der Waals surface area (Å²) in [5.41, 5.74) is 5.19. The summed E-state index contributed by atoms with van der Waals surface area (Å²) >= 11 is 0. The second kappa shape index (κ2) is 6.85. The maximum atomic E-state index is 12.0. The maximum Gasteiger partial charge on any atom is 0.336 e. The zero-order valence-corrected chi connectivity index (χ0v) is 12.2. The molecular weight excluding hydrogens is 304 g/mol. The van der Waals surface area contributed by atoms with E-state index in [9.17, 15) is 13.2 Å². The van der Waals surface area contributed by atoms with Crippen LogP contribution in [0, 0.1) is 0 Å². The largest absolute Gasteiger partial charge is 0.423 e. The molecule has 0 saturated carbocycles. The lowest BCUT2D eigenvalue weighted by Crippen LogP contribution is -2.26. The third-order valence-electron chi connectivity index (χ3n) is 2.57. The van der Waals surface area contributed by atoms with E-state index < -0.39 is 15.6 Å². The Balaban J connectivity index is 0.00000200. The van der Waals surface area contributed by atoms with E-state index in [0.29, 0.717) is 30.5 Å². The van der Waals surface area contributed by atoms with Gasteiger partial charge < -0.3 is 10.2 Å². The van der Waals surface area contributed by atoms with Crippen molar-refractivity contribution in [3.05, 3.63) is 40.8 Å². The first kappa shape index (κ1) is 16.6. The van der Waals surface area contributed by atoms with Crippen LogP contribution < -0.4 is 16.1 Å². The van der Waals surface area contributed by atoms with Crippen LogP contribution in [0.5, 0.6) is 0 Å². The van der Waals surface area contributed by atoms with Crippen LogP contribution >= 0.6 is 12.4 Å². The van der Waals surface area contributed by atoms with Crippen molar-refractivity contribution in [2.45, 2.75) is 11.3 Å². The van der Waals surface area contributed by atoms with Crippen LogP contribution in [0.3, 0.4) is 0 Å². The van der Waals surface area contributed by atoms with Crippen molar-refractivity contribution in [2.75, 3.05) is 13.1 Å². The summed E-state index contributed by atoms with van der Waals surface area (Å²) in [5, 5.41) is 0.557. The summed E-state index contributed by atoms with van der Waals surface area (Å²) in [6, 6.07) is 7.11. The van der Waals surface area contributed by atoms with Gasteiger partial charge in [0.1, 0.15) is 5.58 Å². The predicted octanol–water partition coefficient (Wildman–Crippen LogP) is 0.842. The molecule has 6 nitrogen and oxygen atoms in total. The number of hydrogen-bond donors (Lipinski definition) is 2. The van der Waals surface area contributed by atoms with Gasteiger partial charge in [0, 0.05) is 18.0 Å². The molecule has 8 heteroatoms. The average molecular weight is 319 g/mol. The van der Waals surface area contributed by atoms with Gasteiger partial charge >= 0.3 is 5.63 Å². The fraction of sp³-hybridized carbons (Fsp3) is 0.250. The summed E-state index contributed by atoms with van der Waals surface area (Å²) in [7, 11) is -3.56. The molecule has 0 spiro atoms. The number of sulfonamides is 1. The number of benzene rings is 1. The van der Waals surface area contributed by atoms with Gasteiger partial charge in [0.2, 0.25) is 10.0 Å². The van der Waals surface area contributed by atoms with Gasteiger partial charge in [-0.2, -0.15) is 0 Å². The molecule has 3 N–H and O–H groups in total. The fourth-order valence-electron chi connectivity index (χ4n) is 1.61. The summed E-state index contributed by atoms with van der Waals surface area (Å²) in [5.74, 6) is 0. The van der Waals surface area contributed by atoms with Crippen molar-refractivity contribution in [2.24, 2.45) is 5.73 Å². The smallest absolute Gasteiger partial charge is 0.336 e. The number of nitrogens with one attached hydrogen (secondary N) is 1. The highest BCUT2D eigenvalue weighted by Gasteiger charge is 2.13. The van der Waals surface area contributed by atoms with Gasteiger partial charge in [-0.1, -0.05) is 0 Å². The Morgan fingerprint density at radius 1 is 1.20 bits per heavy atom. The molecule has 0 aliphatic carbocycles. The highest BCUT2D eigenvalue weighted by atomic mass is 35.5. The average Bonchev–Trinajstić information content (AvgIpc) is 2.38. The zero-order chi connectivity index (χ0) is 13.9. The molecule has 110 valence electrons. The van der Waals surface area contributed by atoms with E-state index in [1.54, 1.807) is 0 Å². The Bertz CT molecular complexity index is 742.